The molecule has 3 aromatic rings. The maximum absolute atomic E-state index is 12.4. The Bertz CT molecular complexity index is 932. The summed E-state index contributed by atoms with van der Waals surface area (Å²) in [5.41, 5.74) is 2.42. The highest BCUT2D eigenvalue weighted by Gasteiger charge is 2.16. The van der Waals surface area contributed by atoms with Gasteiger partial charge in [-0.15, -0.1) is 11.3 Å². The number of rotatable bonds is 4. The minimum atomic E-state index is -3.69. The van der Waals surface area contributed by atoms with E-state index in [4.69, 9.17) is 0 Å². The molecule has 0 amide bonds. The van der Waals surface area contributed by atoms with E-state index in [2.05, 4.69) is 15.8 Å². The molecule has 23 heavy (non-hydrogen) atoms. The van der Waals surface area contributed by atoms with E-state index in [0.29, 0.717) is 5.69 Å². The fourth-order valence-corrected chi connectivity index (χ4v) is 4.11. The average Bonchev–Trinajstić information content (AvgIpc) is 2.97. The molecule has 0 radical (unpaired) electrons. The lowest BCUT2D eigenvalue weighted by atomic mass is 10.1. The van der Waals surface area contributed by atoms with Gasteiger partial charge in [0.05, 0.1) is 5.69 Å². The Hall–Kier alpha value is -2.18. The monoisotopic (exact) mass is 344 g/mol. The second-order valence-corrected chi connectivity index (χ2v) is 8.13. The number of aryl methyl sites for hydroxylation is 2. The van der Waals surface area contributed by atoms with E-state index in [-0.39, 0.29) is 5.03 Å². The van der Waals surface area contributed by atoms with E-state index in [1.807, 2.05) is 38.1 Å². The van der Waals surface area contributed by atoms with E-state index in [1.165, 1.54) is 17.1 Å². The van der Waals surface area contributed by atoms with E-state index in [1.54, 1.807) is 23.5 Å². The van der Waals surface area contributed by atoms with Crippen molar-refractivity contribution in [2.45, 2.75) is 18.9 Å². The first-order valence-electron chi connectivity index (χ1n) is 7.07. The van der Waals surface area contributed by atoms with Crippen LogP contribution in [0.4, 0.5) is 5.69 Å². The van der Waals surface area contributed by atoms with Crippen molar-refractivity contribution >= 4 is 27.0 Å². The first kappa shape index (κ1) is 15.7. The standard InChI is InChI=1S/C17H16N2O2S2/c1-12-6-8-14(16-9-7-13(2)22-16)11-15(12)19-23(20,21)17-5-3-4-10-18-17/h3-11,19H,1-2H3. The predicted molar refractivity (Wildman–Crippen MR) is 94.3 cm³/mol. The second-order valence-electron chi connectivity index (χ2n) is 5.21. The number of thiophene rings is 1. The fraction of sp³-hybridized carbons (Fsp3) is 0.118. The first-order chi connectivity index (χ1) is 11.0. The number of sulfonamides is 1. The highest BCUT2D eigenvalue weighted by molar-refractivity contribution is 7.92. The fourth-order valence-electron chi connectivity index (χ4n) is 2.18. The van der Waals surface area contributed by atoms with Crippen LogP contribution in [0.5, 0.6) is 0 Å². The number of pyridine rings is 1. The number of benzene rings is 1. The molecule has 0 saturated carbocycles. The summed E-state index contributed by atoms with van der Waals surface area (Å²) in [6.07, 6.45) is 1.46. The predicted octanol–water partition coefficient (Wildman–Crippen LogP) is 4.23. The normalized spacial score (nSPS) is 11.4. The van der Waals surface area contributed by atoms with E-state index >= 15 is 0 Å². The summed E-state index contributed by atoms with van der Waals surface area (Å²) in [4.78, 5) is 6.24. The van der Waals surface area contributed by atoms with Crippen LogP contribution in [-0.4, -0.2) is 13.4 Å². The first-order valence-corrected chi connectivity index (χ1v) is 9.37. The number of anilines is 1. The van der Waals surface area contributed by atoms with Crippen molar-refractivity contribution in [3.8, 4) is 10.4 Å². The van der Waals surface area contributed by atoms with Gasteiger partial charge in [-0.3, -0.25) is 4.72 Å². The van der Waals surface area contributed by atoms with Gasteiger partial charge in [-0.2, -0.15) is 8.42 Å². The van der Waals surface area contributed by atoms with Gasteiger partial charge in [0.15, 0.2) is 5.03 Å². The Morgan fingerprint density at radius 2 is 1.87 bits per heavy atom. The smallest absolute Gasteiger partial charge is 0.278 e. The molecule has 2 aromatic heterocycles. The Balaban J connectivity index is 1.97. The van der Waals surface area contributed by atoms with Crippen molar-refractivity contribution in [3.05, 3.63) is 65.2 Å². The summed E-state index contributed by atoms with van der Waals surface area (Å²) in [6, 6.07) is 14.7. The molecule has 0 aliphatic carbocycles. The maximum Gasteiger partial charge on any atom is 0.279 e. The van der Waals surface area contributed by atoms with Gasteiger partial charge in [0.2, 0.25) is 0 Å². The van der Waals surface area contributed by atoms with Crippen LogP contribution < -0.4 is 4.72 Å². The second kappa shape index (κ2) is 6.14. The number of hydrogen-bond donors (Lipinski definition) is 1. The lowest BCUT2D eigenvalue weighted by Gasteiger charge is -2.11. The molecule has 2 heterocycles. The molecule has 0 bridgehead atoms. The summed E-state index contributed by atoms with van der Waals surface area (Å²) in [5.74, 6) is 0. The summed E-state index contributed by atoms with van der Waals surface area (Å²) >= 11 is 1.68. The number of nitrogens with zero attached hydrogens (tertiary/aromatic N) is 1. The van der Waals surface area contributed by atoms with Crippen LogP contribution in [0.25, 0.3) is 10.4 Å². The minimum Gasteiger partial charge on any atom is -0.278 e. The number of hydrogen-bond acceptors (Lipinski definition) is 4. The average molecular weight is 344 g/mol. The van der Waals surface area contributed by atoms with Crippen molar-refractivity contribution < 1.29 is 8.42 Å². The SMILES string of the molecule is Cc1ccc(-c2ccc(C)c(NS(=O)(=O)c3ccccn3)c2)s1. The third kappa shape index (κ3) is 3.43. The molecular formula is C17H16N2O2S2. The topological polar surface area (TPSA) is 59.1 Å². The van der Waals surface area contributed by atoms with Crippen molar-refractivity contribution in [2.24, 2.45) is 0 Å². The van der Waals surface area contributed by atoms with Gasteiger partial charge in [0, 0.05) is 16.0 Å². The van der Waals surface area contributed by atoms with Gasteiger partial charge in [-0.25, -0.2) is 4.98 Å². The van der Waals surface area contributed by atoms with Gasteiger partial charge in [0.25, 0.3) is 10.0 Å². The van der Waals surface area contributed by atoms with E-state index in [9.17, 15) is 8.42 Å². The minimum absolute atomic E-state index is 0.0109. The van der Waals surface area contributed by atoms with Crippen LogP contribution >= 0.6 is 11.3 Å². The van der Waals surface area contributed by atoms with Crippen molar-refractivity contribution in [2.75, 3.05) is 4.72 Å². The summed E-state index contributed by atoms with van der Waals surface area (Å²) < 4.78 is 27.5. The molecule has 6 heteroatoms. The highest BCUT2D eigenvalue weighted by atomic mass is 32.2. The van der Waals surface area contributed by atoms with Crippen LogP contribution in [0, 0.1) is 13.8 Å². The molecule has 0 atom stereocenters. The molecule has 3 rings (SSSR count). The quantitative estimate of drug-likeness (QED) is 0.770. The third-order valence-corrected chi connectivity index (χ3v) is 5.75. The highest BCUT2D eigenvalue weighted by Crippen LogP contribution is 2.31. The van der Waals surface area contributed by atoms with Crippen LogP contribution in [-0.2, 0) is 10.0 Å². The number of nitrogens with one attached hydrogen (secondary N) is 1. The van der Waals surface area contributed by atoms with Crippen LogP contribution in [0.3, 0.4) is 0 Å². The van der Waals surface area contributed by atoms with Crippen LogP contribution in [0.15, 0.2) is 59.8 Å². The Kier molecular flexibility index (Phi) is 4.19. The molecule has 0 fully saturated rings. The van der Waals surface area contributed by atoms with Crippen LogP contribution in [0.1, 0.15) is 10.4 Å². The van der Waals surface area contributed by atoms with Gasteiger partial charge in [-0.05, 0) is 55.3 Å². The largest absolute Gasteiger partial charge is 0.279 e. The van der Waals surface area contributed by atoms with E-state index < -0.39 is 10.0 Å². The molecular weight excluding hydrogens is 328 g/mol. The summed E-state index contributed by atoms with van der Waals surface area (Å²) in [6.45, 7) is 3.92. The van der Waals surface area contributed by atoms with Gasteiger partial charge in [-0.1, -0.05) is 18.2 Å². The summed E-state index contributed by atoms with van der Waals surface area (Å²) in [5, 5.41) is 0.0109. The Morgan fingerprint density at radius 1 is 1.04 bits per heavy atom. The number of aromatic nitrogens is 1. The molecule has 0 unspecified atom stereocenters. The molecule has 4 nitrogen and oxygen atoms in total. The van der Waals surface area contributed by atoms with Gasteiger partial charge in [0.1, 0.15) is 0 Å². The molecule has 0 spiro atoms. The van der Waals surface area contributed by atoms with Crippen molar-refractivity contribution in [1.82, 2.24) is 4.98 Å². The van der Waals surface area contributed by atoms with E-state index in [0.717, 1.165) is 16.0 Å². The summed E-state index contributed by atoms with van der Waals surface area (Å²) in [7, 11) is -3.69. The lowest BCUT2D eigenvalue weighted by Crippen LogP contribution is -2.15. The van der Waals surface area contributed by atoms with Gasteiger partial charge < -0.3 is 0 Å². The lowest BCUT2D eigenvalue weighted by molar-refractivity contribution is 0.597. The van der Waals surface area contributed by atoms with Crippen LogP contribution in [0.2, 0.25) is 0 Å². The zero-order valence-corrected chi connectivity index (χ0v) is 14.4. The molecule has 0 aliphatic rings. The molecule has 1 aromatic carbocycles. The molecule has 118 valence electrons. The molecule has 0 aliphatic heterocycles. The maximum atomic E-state index is 12.4. The Labute approximate surface area is 139 Å². The van der Waals surface area contributed by atoms with Crippen molar-refractivity contribution in [3.63, 3.8) is 0 Å². The van der Waals surface area contributed by atoms with Crippen molar-refractivity contribution in [1.29, 1.82) is 0 Å². The Morgan fingerprint density at radius 3 is 2.52 bits per heavy atom. The van der Waals surface area contributed by atoms with Gasteiger partial charge >= 0.3 is 0 Å². The molecule has 0 saturated heterocycles. The third-order valence-electron chi connectivity index (χ3n) is 3.42. The zero-order chi connectivity index (χ0) is 16.4. The zero-order valence-electron chi connectivity index (χ0n) is 12.8. The molecule has 1 N–H and O–H groups in total.